The van der Waals surface area contributed by atoms with E-state index in [-0.39, 0.29) is 48.1 Å². The lowest BCUT2D eigenvalue weighted by Gasteiger charge is -2.38. The summed E-state index contributed by atoms with van der Waals surface area (Å²) in [4.78, 5) is 36.3. The summed E-state index contributed by atoms with van der Waals surface area (Å²) in [6.45, 7) is 12.9. The van der Waals surface area contributed by atoms with E-state index in [2.05, 4.69) is 15.6 Å². The van der Waals surface area contributed by atoms with Gasteiger partial charge in [-0.25, -0.2) is 9.97 Å². The first-order valence-corrected chi connectivity index (χ1v) is 11.4. The molecule has 9 nitrogen and oxygen atoms in total. The monoisotopic (exact) mass is 521 g/mol. The highest BCUT2D eigenvalue weighted by molar-refractivity contribution is 5.98. The van der Waals surface area contributed by atoms with Gasteiger partial charge in [0.1, 0.15) is 17.2 Å². The first-order valence-electron chi connectivity index (χ1n) is 11.4. The second kappa shape index (κ2) is 14.7. The highest BCUT2D eigenvalue weighted by Gasteiger charge is 2.34. The molecule has 2 heterocycles. The number of anilines is 1. The molecule has 2 unspecified atom stereocenters. The fraction of sp³-hybridized carbons (Fsp3) is 0.739. The van der Waals surface area contributed by atoms with Gasteiger partial charge < -0.3 is 25.4 Å². The number of methoxy groups -OCH3 is 1. The summed E-state index contributed by atoms with van der Waals surface area (Å²) < 4.78 is 5.12. The van der Waals surface area contributed by atoms with E-state index < -0.39 is 11.9 Å². The molecule has 1 aliphatic rings. The first-order chi connectivity index (χ1) is 15.0. The molecule has 3 N–H and O–H groups in total. The molecule has 1 aliphatic heterocycles. The average molecular weight is 523 g/mol. The van der Waals surface area contributed by atoms with Crippen LogP contribution in [0.15, 0.2) is 6.20 Å². The van der Waals surface area contributed by atoms with Gasteiger partial charge in [0, 0.05) is 57.5 Å². The lowest BCUT2D eigenvalue weighted by molar-refractivity contribution is -0.142. The third-order valence-electron chi connectivity index (χ3n) is 5.45. The van der Waals surface area contributed by atoms with E-state index in [4.69, 9.17) is 9.72 Å². The van der Waals surface area contributed by atoms with Crippen LogP contribution in [0.2, 0.25) is 0 Å². The van der Waals surface area contributed by atoms with Crippen LogP contribution in [0, 0.1) is 11.8 Å². The normalized spacial score (nSPS) is 18.0. The molecule has 11 heteroatoms. The van der Waals surface area contributed by atoms with Gasteiger partial charge in [0.2, 0.25) is 0 Å². The van der Waals surface area contributed by atoms with Crippen LogP contribution in [0.25, 0.3) is 0 Å². The molecule has 1 aromatic heterocycles. The predicted molar refractivity (Wildman–Crippen MR) is 138 cm³/mol. The Hall–Kier alpha value is -1.68. The molecule has 0 aromatic carbocycles. The maximum atomic E-state index is 13.7. The molecule has 2 rings (SSSR count). The summed E-state index contributed by atoms with van der Waals surface area (Å²) in [6, 6.07) is -0.205. The number of rotatable bonds is 10. The van der Waals surface area contributed by atoms with Crippen molar-refractivity contribution < 1.29 is 19.4 Å². The topological polar surface area (TPSA) is 117 Å². The maximum absolute atomic E-state index is 13.7. The molecule has 0 aliphatic carbocycles. The molecule has 196 valence electrons. The quantitative estimate of drug-likeness (QED) is 0.401. The Morgan fingerprint density at radius 2 is 1.97 bits per heavy atom. The van der Waals surface area contributed by atoms with Crippen LogP contribution in [0.5, 0.6) is 0 Å². The van der Waals surface area contributed by atoms with Gasteiger partial charge in [-0.15, -0.1) is 24.8 Å². The van der Waals surface area contributed by atoms with E-state index in [1.807, 2.05) is 34.6 Å². The fourth-order valence-corrected chi connectivity index (χ4v) is 3.75. The van der Waals surface area contributed by atoms with Gasteiger partial charge in [0.05, 0.1) is 5.92 Å². The number of carbonyl (C=O) groups excluding carboxylic acids is 1. The smallest absolute Gasteiger partial charge is 0.307 e. The van der Waals surface area contributed by atoms with Gasteiger partial charge in [-0.3, -0.25) is 9.59 Å². The van der Waals surface area contributed by atoms with Crippen LogP contribution >= 0.6 is 24.8 Å². The van der Waals surface area contributed by atoms with E-state index in [1.54, 1.807) is 18.2 Å². The highest BCUT2D eigenvalue weighted by atomic mass is 35.5. The van der Waals surface area contributed by atoms with Crippen molar-refractivity contribution in [2.75, 3.05) is 45.2 Å². The third kappa shape index (κ3) is 9.17. The molecular weight excluding hydrogens is 481 g/mol. The minimum absolute atomic E-state index is 0. The van der Waals surface area contributed by atoms with Crippen molar-refractivity contribution in [2.45, 2.75) is 58.9 Å². The molecule has 1 saturated heterocycles. The number of piperidine rings is 1. The Morgan fingerprint density at radius 1 is 1.29 bits per heavy atom. The number of carboxylic acids is 1. The summed E-state index contributed by atoms with van der Waals surface area (Å²) in [5, 5.41) is 16.0. The number of carbonyl (C=O) groups is 2. The van der Waals surface area contributed by atoms with Gasteiger partial charge in [-0.2, -0.15) is 0 Å². The Labute approximate surface area is 215 Å². The zero-order valence-electron chi connectivity index (χ0n) is 21.1. The molecule has 0 saturated carbocycles. The second-order valence-electron chi connectivity index (χ2n) is 9.91. The summed E-state index contributed by atoms with van der Waals surface area (Å²) >= 11 is 0. The molecule has 1 fully saturated rings. The zero-order chi connectivity index (χ0) is 23.9. The van der Waals surface area contributed by atoms with E-state index in [9.17, 15) is 14.7 Å². The van der Waals surface area contributed by atoms with Crippen LogP contribution in [-0.2, 0) is 14.9 Å². The maximum Gasteiger partial charge on any atom is 0.307 e. The van der Waals surface area contributed by atoms with Gasteiger partial charge in [0.15, 0.2) is 0 Å². The fourth-order valence-electron chi connectivity index (χ4n) is 3.75. The first kappa shape index (κ1) is 32.3. The Bertz CT molecular complexity index is 789. The molecule has 1 aromatic rings. The number of aliphatic carboxylic acids is 1. The number of amides is 1. The number of aromatic nitrogens is 2. The Balaban J connectivity index is 0.00000544. The number of halogens is 2. The van der Waals surface area contributed by atoms with E-state index in [1.165, 1.54) is 0 Å². The van der Waals surface area contributed by atoms with Crippen LogP contribution in [-0.4, -0.2) is 77.8 Å². The minimum atomic E-state index is -0.836. The van der Waals surface area contributed by atoms with E-state index in [0.29, 0.717) is 56.4 Å². The number of hydrogen-bond acceptors (Lipinski definition) is 7. The Morgan fingerprint density at radius 3 is 2.53 bits per heavy atom. The van der Waals surface area contributed by atoms with Crippen molar-refractivity contribution in [1.29, 1.82) is 0 Å². The lowest BCUT2D eigenvalue weighted by atomic mass is 9.93. The van der Waals surface area contributed by atoms with Crippen LogP contribution in [0.3, 0.4) is 0 Å². The van der Waals surface area contributed by atoms with E-state index in [0.717, 1.165) is 6.42 Å². The number of ether oxygens (including phenoxy) is 1. The highest BCUT2D eigenvalue weighted by Crippen LogP contribution is 2.25. The van der Waals surface area contributed by atoms with Crippen LogP contribution in [0.4, 0.5) is 5.82 Å². The summed E-state index contributed by atoms with van der Waals surface area (Å²) in [7, 11) is 1.66. The zero-order valence-corrected chi connectivity index (χ0v) is 22.7. The lowest BCUT2D eigenvalue weighted by Crippen LogP contribution is -2.53. The van der Waals surface area contributed by atoms with Gasteiger partial charge in [-0.1, -0.05) is 34.6 Å². The van der Waals surface area contributed by atoms with Gasteiger partial charge in [-0.05, 0) is 18.8 Å². The molecule has 0 bridgehead atoms. The molecule has 34 heavy (non-hydrogen) atoms. The number of carboxylic acid groups (broad SMARTS) is 1. The van der Waals surface area contributed by atoms with Crippen molar-refractivity contribution in [2.24, 2.45) is 11.8 Å². The SMILES string of the molecule is COCCCNc1nc(C(C)(C)C)ncc1C(=O)N(CC(C)C)C1CNCC(C(=O)O)C1.Cl.Cl. The molecular formula is C23H41Cl2N5O4. The summed E-state index contributed by atoms with van der Waals surface area (Å²) in [5.74, 6) is -0.120. The predicted octanol–water partition coefficient (Wildman–Crippen LogP) is 3.23. The molecule has 0 spiro atoms. The number of nitrogens with one attached hydrogen (secondary N) is 2. The molecule has 0 radical (unpaired) electrons. The third-order valence-corrected chi connectivity index (χ3v) is 5.45. The van der Waals surface area contributed by atoms with Crippen LogP contribution in [0.1, 0.15) is 63.6 Å². The summed E-state index contributed by atoms with van der Waals surface area (Å²) in [6.07, 6.45) is 2.81. The van der Waals surface area contributed by atoms with E-state index >= 15 is 0 Å². The van der Waals surface area contributed by atoms with Gasteiger partial charge >= 0.3 is 5.97 Å². The van der Waals surface area contributed by atoms with Crippen molar-refractivity contribution in [3.05, 3.63) is 17.6 Å². The van der Waals surface area contributed by atoms with Crippen molar-refractivity contribution >= 4 is 42.5 Å². The molecule has 2 atom stereocenters. The number of hydrogen-bond donors (Lipinski definition) is 3. The summed E-state index contributed by atoms with van der Waals surface area (Å²) in [5.41, 5.74) is 0.151. The minimum Gasteiger partial charge on any atom is -0.481 e. The Kier molecular flexibility index (Phi) is 13.9. The average Bonchev–Trinajstić information content (AvgIpc) is 2.73. The van der Waals surface area contributed by atoms with Crippen molar-refractivity contribution in [1.82, 2.24) is 20.2 Å². The van der Waals surface area contributed by atoms with Crippen molar-refractivity contribution in [3.63, 3.8) is 0 Å². The standard InChI is InChI=1S/C23H39N5O4.2ClH/c1-15(2)14-28(17-10-16(21(30)31)11-24-12-17)20(29)18-13-26-22(23(3,4)5)27-19(18)25-8-7-9-32-6;;/h13,15-17,24H,7-12,14H2,1-6H3,(H,30,31)(H,25,26,27);2*1H. The number of nitrogens with zero attached hydrogens (tertiary/aromatic N) is 3. The largest absolute Gasteiger partial charge is 0.481 e. The van der Waals surface area contributed by atoms with Gasteiger partial charge in [0.25, 0.3) is 5.91 Å². The molecule has 1 amide bonds. The second-order valence-corrected chi connectivity index (χ2v) is 9.91. The van der Waals surface area contributed by atoms with Crippen molar-refractivity contribution in [3.8, 4) is 0 Å². The van der Waals surface area contributed by atoms with Crippen LogP contribution < -0.4 is 10.6 Å².